The highest BCUT2D eigenvalue weighted by Crippen LogP contribution is 2.35. The van der Waals surface area contributed by atoms with E-state index >= 15 is 0 Å². The maximum Gasteiger partial charge on any atom is 0.287 e. The van der Waals surface area contributed by atoms with E-state index in [1.165, 1.54) is 64.2 Å². The third-order valence-electron chi connectivity index (χ3n) is 6.20. The summed E-state index contributed by atoms with van der Waals surface area (Å²) in [6.07, 6.45) is 13.1. The van der Waals surface area contributed by atoms with Crippen LogP contribution < -0.4 is 5.32 Å². The highest BCUT2D eigenvalue weighted by atomic mass is 32.2. The monoisotopic (exact) mass is 385 g/mol. The second-order valence-electron chi connectivity index (χ2n) is 8.19. The Morgan fingerprint density at radius 2 is 1.70 bits per heavy atom. The molecule has 4 heteroatoms. The molecule has 0 radical (unpaired) electrons. The number of carbonyl (C=O) groups excluding carboxylic acids is 1. The standard InChI is InChI=1S/C23H31NO2S/c25-23(24-15-17-9-3-1-4-10-17)22-20(16-27-18-11-5-2-6-12-18)19-13-7-8-14-21(19)26-22/h7-8,13-14,17-18H,1-6,9-12,15-16H2,(H,24,25). The van der Waals surface area contributed by atoms with Crippen molar-refractivity contribution < 1.29 is 9.21 Å². The zero-order valence-electron chi connectivity index (χ0n) is 16.2. The highest BCUT2D eigenvalue weighted by molar-refractivity contribution is 7.99. The molecule has 4 rings (SSSR count). The lowest BCUT2D eigenvalue weighted by Gasteiger charge is -2.22. The lowest BCUT2D eigenvalue weighted by Crippen LogP contribution is -2.30. The van der Waals surface area contributed by atoms with Gasteiger partial charge in [-0.05, 0) is 37.7 Å². The third kappa shape index (κ3) is 4.71. The van der Waals surface area contributed by atoms with Crippen LogP contribution in [0.3, 0.4) is 0 Å². The number of benzene rings is 1. The van der Waals surface area contributed by atoms with E-state index in [2.05, 4.69) is 11.4 Å². The molecule has 1 heterocycles. The van der Waals surface area contributed by atoms with Gasteiger partial charge in [0.1, 0.15) is 5.58 Å². The second-order valence-corrected chi connectivity index (χ2v) is 9.48. The summed E-state index contributed by atoms with van der Waals surface area (Å²) in [5.74, 6) is 2.01. The molecule has 2 fully saturated rings. The van der Waals surface area contributed by atoms with Crippen LogP contribution in [0.25, 0.3) is 11.0 Å². The maximum atomic E-state index is 12.9. The fourth-order valence-corrected chi connectivity index (χ4v) is 5.92. The minimum absolute atomic E-state index is 0.0315. The van der Waals surface area contributed by atoms with Gasteiger partial charge in [0.25, 0.3) is 5.91 Å². The topological polar surface area (TPSA) is 42.2 Å². The minimum atomic E-state index is -0.0315. The van der Waals surface area contributed by atoms with E-state index in [1.807, 2.05) is 30.0 Å². The normalized spacial score (nSPS) is 19.4. The summed E-state index contributed by atoms with van der Waals surface area (Å²) in [5, 5.41) is 4.99. The maximum absolute atomic E-state index is 12.9. The highest BCUT2D eigenvalue weighted by Gasteiger charge is 2.23. The molecule has 1 N–H and O–H groups in total. The van der Waals surface area contributed by atoms with Gasteiger partial charge in [-0.15, -0.1) is 0 Å². The van der Waals surface area contributed by atoms with Crippen molar-refractivity contribution >= 4 is 28.6 Å². The third-order valence-corrected chi connectivity index (χ3v) is 7.59. The molecule has 0 bridgehead atoms. The number of nitrogens with one attached hydrogen (secondary N) is 1. The SMILES string of the molecule is O=C(NCC1CCCCC1)c1oc2ccccc2c1CSC1CCCCC1. The summed E-state index contributed by atoms with van der Waals surface area (Å²) in [7, 11) is 0. The minimum Gasteiger partial charge on any atom is -0.451 e. The average Bonchev–Trinajstić information content (AvgIpc) is 3.11. The van der Waals surface area contributed by atoms with Crippen LogP contribution in [0.1, 0.15) is 80.3 Å². The molecule has 0 saturated heterocycles. The number of hydrogen-bond donors (Lipinski definition) is 1. The lowest BCUT2D eigenvalue weighted by molar-refractivity contribution is 0.0917. The van der Waals surface area contributed by atoms with Gasteiger partial charge in [0.15, 0.2) is 5.76 Å². The quantitative estimate of drug-likeness (QED) is 0.633. The van der Waals surface area contributed by atoms with Crippen LogP contribution in [0.2, 0.25) is 0 Å². The van der Waals surface area contributed by atoms with Crippen LogP contribution in [0, 0.1) is 5.92 Å². The summed E-state index contributed by atoms with van der Waals surface area (Å²) in [6.45, 7) is 0.783. The molecule has 1 aromatic carbocycles. The van der Waals surface area contributed by atoms with Crippen molar-refractivity contribution in [2.45, 2.75) is 75.2 Å². The van der Waals surface area contributed by atoms with E-state index in [0.717, 1.165) is 34.1 Å². The second kappa shape index (κ2) is 9.18. The van der Waals surface area contributed by atoms with Gasteiger partial charge in [-0.2, -0.15) is 11.8 Å². The van der Waals surface area contributed by atoms with E-state index in [9.17, 15) is 4.79 Å². The molecule has 0 atom stereocenters. The lowest BCUT2D eigenvalue weighted by atomic mass is 9.89. The molecule has 1 amide bonds. The van der Waals surface area contributed by atoms with Gasteiger partial charge in [0.05, 0.1) is 0 Å². The molecule has 0 spiro atoms. The number of fused-ring (bicyclic) bond motifs is 1. The zero-order chi connectivity index (χ0) is 18.5. The Balaban J connectivity index is 1.47. The van der Waals surface area contributed by atoms with Crippen molar-refractivity contribution in [1.29, 1.82) is 0 Å². The summed E-state index contributed by atoms with van der Waals surface area (Å²) in [5.41, 5.74) is 1.92. The van der Waals surface area contributed by atoms with Crippen LogP contribution in [0.5, 0.6) is 0 Å². The Morgan fingerprint density at radius 3 is 2.48 bits per heavy atom. The first-order valence-corrected chi connectivity index (χ1v) is 11.8. The number of carbonyl (C=O) groups is 1. The van der Waals surface area contributed by atoms with Crippen molar-refractivity contribution in [1.82, 2.24) is 5.32 Å². The predicted octanol–water partition coefficient (Wildman–Crippen LogP) is 6.31. The van der Waals surface area contributed by atoms with Crippen LogP contribution in [0.15, 0.2) is 28.7 Å². The van der Waals surface area contributed by atoms with E-state index in [4.69, 9.17) is 4.42 Å². The Bertz CT molecular complexity index is 757. The molecule has 2 aliphatic rings. The zero-order valence-corrected chi connectivity index (χ0v) is 17.0. The molecule has 146 valence electrons. The van der Waals surface area contributed by atoms with Gasteiger partial charge in [-0.25, -0.2) is 0 Å². The number of amides is 1. The van der Waals surface area contributed by atoms with Crippen LogP contribution in [0.4, 0.5) is 0 Å². The first kappa shape index (κ1) is 18.9. The largest absolute Gasteiger partial charge is 0.451 e. The molecule has 1 aromatic heterocycles. The number of para-hydroxylation sites is 1. The van der Waals surface area contributed by atoms with E-state index < -0.39 is 0 Å². The molecule has 0 aliphatic heterocycles. The molecule has 2 aromatic rings. The van der Waals surface area contributed by atoms with Crippen LogP contribution in [-0.2, 0) is 5.75 Å². The molecule has 27 heavy (non-hydrogen) atoms. The van der Waals surface area contributed by atoms with Crippen molar-refractivity contribution in [3.63, 3.8) is 0 Å². The van der Waals surface area contributed by atoms with Gasteiger partial charge in [0, 0.05) is 28.5 Å². The molecular weight excluding hydrogens is 354 g/mol. The van der Waals surface area contributed by atoms with Gasteiger partial charge in [-0.1, -0.05) is 56.7 Å². The van der Waals surface area contributed by atoms with Crippen LogP contribution in [-0.4, -0.2) is 17.7 Å². The molecule has 2 saturated carbocycles. The Morgan fingerprint density at radius 1 is 1.00 bits per heavy atom. The van der Waals surface area contributed by atoms with Crippen molar-refractivity contribution in [2.75, 3.05) is 6.54 Å². The molecular formula is C23H31NO2S. The van der Waals surface area contributed by atoms with Gasteiger partial charge >= 0.3 is 0 Å². The van der Waals surface area contributed by atoms with Crippen molar-refractivity contribution in [3.05, 3.63) is 35.6 Å². The number of hydrogen-bond acceptors (Lipinski definition) is 3. The summed E-state index contributed by atoms with van der Waals surface area (Å²) in [6, 6.07) is 8.08. The Hall–Kier alpha value is -1.42. The van der Waals surface area contributed by atoms with Gasteiger partial charge in [-0.3, -0.25) is 4.79 Å². The average molecular weight is 386 g/mol. The van der Waals surface area contributed by atoms with Crippen molar-refractivity contribution in [2.24, 2.45) is 5.92 Å². The van der Waals surface area contributed by atoms with Gasteiger partial charge < -0.3 is 9.73 Å². The number of thioether (sulfide) groups is 1. The number of furan rings is 1. The smallest absolute Gasteiger partial charge is 0.287 e. The Kier molecular flexibility index (Phi) is 6.43. The van der Waals surface area contributed by atoms with E-state index in [1.54, 1.807) is 0 Å². The van der Waals surface area contributed by atoms with E-state index in [0.29, 0.717) is 11.7 Å². The van der Waals surface area contributed by atoms with E-state index in [-0.39, 0.29) is 5.91 Å². The van der Waals surface area contributed by atoms with Gasteiger partial charge in [0.2, 0.25) is 0 Å². The fourth-order valence-electron chi connectivity index (χ4n) is 4.57. The molecule has 0 unspecified atom stereocenters. The molecule has 3 nitrogen and oxygen atoms in total. The van der Waals surface area contributed by atoms with Crippen molar-refractivity contribution in [3.8, 4) is 0 Å². The Labute approximate surface area is 166 Å². The first-order chi connectivity index (χ1) is 13.3. The molecule has 2 aliphatic carbocycles. The fraction of sp³-hybridized carbons (Fsp3) is 0.609. The summed E-state index contributed by atoms with van der Waals surface area (Å²) in [4.78, 5) is 12.9. The summed E-state index contributed by atoms with van der Waals surface area (Å²) < 4.78 is 6.02. The van der Waals surface area contributed by atoms with Crippen LogP contribution >= 0.6 is 11.8 Å². The predicted molar refractivity (Wildman–Crippen MR) is 113 cm³/mol. The number of rotatable bonds is 6. The summed E-state index contributed by atoms with van der Waals surface area (Å²) >= 11 is 2.01. The first-order valence-electron chi connectivity index (χ1n) is 10.7.